The molecule has 2 unspecified atom stereocenters. The van der Waals surface area contributed by atoms with Crippen LogP contribution in [-0.4, -0.2) is 53.5 Å². The first kappa shape index (κ1) is 26.0. The van der Waals surface area contributed by atoms with Crippen LogP contribution in [0.15, 0.2) is 52.2 Å². The molecule has 0 bridgehead atoms. The van der Waals surface area contributed by atoms with Crippen LogP contribution in [0.4, 0.5) is 0 Å². The molecule has 3 heterocycles. The lowest BCUT2D eigenvalue weighted by molar-refractivity contribution is -0.137. The summed E-state index contributed by atoms with van der Waals surface area (Å²) in [7, 11) is 1.70. The smallest absolute Gasteiger partial charge is 0.303 e. The molecule has 7 heteroatoms. The Morgan fingerprint density at radius 2 is 2.14 bits per heavy atom. The lowest BCUT2D eigenvalue weighted by atomic mass is 9.79. The molecule has 0 saturated carbocycles. The van der Waals surface area contributed by atoms with Gasteiger partial charge in [0.15, 0.2) is 0 Å². The number of hydrogen-bond donors (Lipinski definition) is 1. The number of hydrogen-bond acceptors (Lipinski definition) is 6. The maximum absolute atomic E-state index is 11.3. The van der Waals surface area contributed by atoms with Crippen LogP contribution in [0.2, 0.25) is 0 Å². The van der Waals surface area contributed by atoms with Gasteiger partial charge in [0, 0.05) is 34.8 Å². The first-order valence-electron chi connectivity index (χ1n) is 12.6. The third kappa shape index (κ3) is 7.69. The molecule has 1 aromatic carbocycles. The number of aromatic nitrogens is 1. The number of carboxylic acids is 1. The zero-order chi connectivity index (χ0) is 24.5. The molecule has 1 aliphatic rings. The maximum Gasteiger partial charge on any atom is 0.303 e. The molecule has 0 amide bonds. The Morgan fingerprint density at radius 3 is 2.94 bits per heavy atom. The predicted molar refractivity (Wildman–Crippen MR) is 146 cm³/mol. The number of thiophene rings is 1. The van der Waals surface area contributed by atoms with Crippen molar-refractivity contribution in [3.63, 3.8) is 0 Å². The molecule has 2 atom stereocenters. The number of benzene rings is 1. The van der Waals surface area contributed by atoms with E-state index in [2.05, 4.69) is 38.8 Å². The predicted octanol–water partition coefficient (Wildman–Crippen LogP) is 6.61. The van der Waals surface area contributed by atoms with E-state index in [4.69, 9.17) is 4.74 Å². The number of carbonyl (C=O) groups is 1. The summed E-state index contributed by atoms with van der Waals surface area (Å²) >= 11 is 3.69. The Bertz CT molecular complexity index is 1070. The van der Waals surface area contributed by atoms with Gasteiger partial charge in [-0.15, -0.1) is 11.8 Å². The lowest BCUT2D eigenvalue weighted by Gasteiger charge is -2.39. The largest absolute Gasteiger partial charge is 0.497 e. The minimum absolute atomic E-state index is 0.276. The fraction of sp³-hybridized carbons (Fsp3) is 0.500. The number of methoxy groups -OCH3 is 1. The molecule has 188 valence electrons. The fourth-order valence-electron chi connectivity index (χ4n) is 5.27. The van der Waals surface area contributed by atoms with Gasteiger partial charge in [0.2, 0.25) is 0 Å². The van der Waals surface area contributed by atoms with E-state index in [9.17, 15) is 9.90 Å². The molecule has 0 aliphatic carbocycles. The second kappa shape index (κ2) is 13.3. The number of aliphatic carboxylic acids is 1. The van der Waals surface area contributed by atoms with Crippen LogP contribution in [0.25, 0.3) is 10.9 Å². The monoisotopic (exact) mass is 512 g/mol. The Kier molecular flexibility index (Phi) is 9.86. The zero-order valence-electron chi connectivity index (χ0n) is 20.5. The number of likely N-dealkylation sites (tertiary alicyclic amines) is 1. The molecule has 1 aliphatic heterocycles. The van der Waals surface area contributed by atoms with Gasteiger partial charge in [-0.2, -0.15) is 11.3 Å². The molecule has 1 saturated heterocycles. The van der Waals surface area contributed by atoms with E-state index in [1.165, 1.54) is 28.7 Å². The van der Waals surface area contributed by atoms with E-state index < -0.39 is 5.97 Å². The number of fused-ring (bicyclic) bond motifs is 1. The van der Waals surface area contributed by atoms with Gasteiger partial charge in [-0.25, -0.2) is 0 Å². The zero-order valence-corrected chi connectivity index (χ0v) is 22.2. The second-order valence-electron chi connectivity index (χ2n) is 9.45. The third-order valence-electron chi connectivity index (χ3n) is 7.15. The highest BCUT2D eigenvalue weighted by Crippen LogP contribution is 2.33. The normalized spacial score (nSPS) is 18.7. The fourth-order valence-corrected chi connectivity index (χ4v) is 6.98. The number of piperidine rings is 1. The number of rotatable bonds is 13. The molecule has 3 aromatic rings. The summed E-state index contributed by atoms with van der Waals surface area (Å²) in [6.45, 7) is 3.28. The van der Waals surface area contributed by atoms with E-state index in [1.807, 2.05) is 30.1 Å². The van der Waals surface area contributed by atoms with Crippen LogP contribution in [0.1, 0.15) is 44.1 Å². The van der Waals surface area contributed by atoms with Crippen LogP contribution in [0.3, 0.4) is 0 Å². The Hall–Kier alpha value is -2.09. The summed E-state index contributed by atoms with van der Waals surface area (Å²) in [5.41, 5.74) is 2.32. The van der Waals surface area contributed by atoms with Crippen molar-refractivity contribution >= 4 is 40.0 Å². The lowest BCUT2D eigenvalue weighted by Crippen LogP contribution is -2.41. The summed E-state index contributed by atoms with van der Waals surface area (Å²) in [5.74, 6) is 2.40. The minimum atomic E-state index is -0.676. The highest BCUT2D eigenvalue weighted by Gasteiger charge is 2.29. The third-order valence-corrected chi connectivity index (χ3v) is 9.06. The summed E-state index contributed by atoms with van der Waals surface area (Å²) in [6.07, 6.45) is 8.59. The van der Waals surface area contributed by atoms with E-state index >= 15 is 0 Å². The molecule has 1 fully saturated rings. The maximum atomic E-state index is 11.3. The van der Waals surface area contributed by atoms with Gasteiger partial charge in [-0.05, 0) is 110 Å². The van der Waals surface area contributed by atoms with Crippen molar-refractivity contribution in [2.75, 3.05) is 32.5 Å². The van der Waals surface area contributed by atoms with Crippen LogP contribution < -0.4 is 4.74 Å². The SMILES string of the molecule is COc1ccc2nccc(CCCC3CCN(CCCSc4ccsc4)CC3CCC(=O)O)c2c1. The van der Waals surface area contributed by atoms with Crippen molar-refractivity contribution in [2.45, 2.75) is 49.8 Å². The van der Waals surface area contributed by atoms with Crippen molar-refractivity contribution in [3.8, 4) is 5.75 Å². The summed E-state index contributed by atoms with van der Waals surface area (Å²) in [5, 5.41) is 14.8. The van der Waals surface area contributed by atoms with Crippen molar-refractivity contribution in [3.05, 3.63) is 52.9 Å². The van der Waals surface area contributed by atoms with Crippen molar-refractivity contribution in [1.82, 2.24) is 9.88 Å². The first-order chi connectivity index (χ1) is 17.1. The average Bonchev–Trinajstić information content (AvgIpc) is 3.39. The number of carboxylic acid groups (broad SMARTS) is 1. The van der Waals surface area contributed by atoms with E-state index in [0.717, 1.165) is 62.3 Å². The highest BCUT2D eigenvalue weighted by molar-refractivity contribution is 7.99. The number of pyridine rings is 1. The quantitative estimate of drug-likeness (QED) is 0.205. The van der Waals surface area contributed by atoms with Crippen LogP contribution in [0.5, 0.6) is 5.75 Å². The average molecular weight is 513 g/mol. The van der Waals surface area contributed by atoms with Crippen LogP contribution in [0, 0.1) is 11.8 Å². The number of aryl methyl sites for hydroxylation is 1. The van der Waals surface area contributed by atoms with Crippen molar-refractivity contribution < 1.29 is 14.6 Å². The summed E-state index contributed by atoms with van der Waals surface area (Å²) in [4.78, 5) is 19.7. The molecular weight excluding hydrogens is 476 g/mol. The highest BCUT2D eigenvalue weighted by atomic mass is 32.2. The topological polar surface area (TPSA) is 62.7 Å². The van der Waals surface area contributed by atoms with Gasteiger partial charge in [-0.3, -0.25) is 9.78 Å². The molecule has 0 radical (unpaired) electrons. The molecule has 4 rings (SSSR count). The van der Waals surface area contributed by atoms with Gasteiger partial charge in [-0.1, -0.05) is 0 Å². The van der Waals surface area contributed by atoms with Gasteiger partial charge in [0.25, 0.3) is 0 Å². The minimum Gasteiger partial charge on any atom is -0.497 e. The van der Waals surface area contributed by atoms with E-state index in [0.29, 0.717) is 11.8 Å². The summed E-state index contributed by atoms with van der Waals surface area (Å²) in [6, 6.07) is 10.4. The Morgan fingerprint density at radius 1 is 1.23 bits per heavy atom. The number of thioether (sulfide) groups is 1. The van der Waals surface area contributed by atoms with Crippen LogP contribution in [-0.2, 0) is 11.2 Å². The molecule has 2 aromatic heterocycles. The standard InChI is InChI=1S/C28H36N2O3S2/c1-33-24-7-8-27-26(18-24)22(10-13-29-27)5-2-4-21-11-15-30(19-23(21)6-9-28(31)32)14-3-16-35-25-12-17-34-20-25/h7-8,10,12-13,17-18,20-21,23H,2-6,9,11,14-16,19H2,1H3,(H,31,32). The van der Waals surface area contributed by atoms with Gasteiger partial charge >= 0.3 is 5.97 Å². The van der Waals surface area contributed by atoms with Gasteiger partial charge in [0.05, 0.1) is 12.6 Å². The van der Waals surface area contributed by atoms with E-state index in [-0.39, 0.29) is 6.42 Å². The van der Waals surface area contributed by atoms with Crippen molar-refractivity contribution in [1.29, 1.82) is 0 Å². The molecule has 1 N–H and O–H groups in total. The van der Waals surface area contributed by atoms with Crippen molar-refractivity contribution in [2.24, 2.45) is 11.8 Å². The molecular formula is C28H36N2O3S2. The van der Waals surface area contributed by atoms with E-state index in [1.54, 1.807) is 18.4 Å². The molecule has 5 nitrogen and oxygen atoms in total. The summed E-state index contributed by atoms with van der Waals surface area (Å²) < 4.78 is 5.42. The number of nitrogens with zero attached hydrogens (tertiary/aromatic N) is 2. The Balaban J connectivity index is 1.29. The first-order valence-corrected chi connectivity index (χ1v) is 14.6. The second-order valence-corrected chi connectivity index (χ2v) is 11.4. The Labute approximate surface area is 216 Å². The van der Waals surface area contributed by atoms with Crippen LogP contribution >= 0.6 is 23.1 Å². The molecule has 35 heavy (non-hydrogen) atoms. The van der Waals surface area contributed by atoms with Gasteiger partial charge < -0.3 is 14.7 Å². The number of ether oxygens (including phenoxy) is 1. The van der Waals surface area contributed by atoms with Gasteiger partial charge in [0.1, 0.15) is 5.75 Å². The molecule has 0 spiro atoms.